The predicted octanol–water partition coefficient (Wildman–Crippen LogP) is 6.35. The number of thiophene rings is 1. The second-order valence-corrected chi connectivity index (χ2v) is 7.79. The lowest BCUT2D eigenvalue weighted by Crippen LogP contribution is -2.18. The van der Waals surface area contributed by atoms with E-state index in [9.17, 15) is 35.5 Å². The highest BCUT2D eigenvalue weighted by Gasteiger charge is 2.33. The van der Waals surface area contributed by atoms with Gasteiger partial charge in [0.15, 0.2) is 11.5 Å². The van der Waals surface area contributed by atoms with Crippen molar-refractivity contribution in [2.45, 2.75) is 19.6 Å². The van der Waals surface area contributed by atoms with E-state index in [0.29, 0.717) is 4.70 Å². The van der Waals surface area contributed by atoms with Crippen LogP contribution in [0.2, 0.25) is 0 Å². The van der Waals surface area contributed by atoms with Gasteiger partial charge in [0.2, 0.25) is 5.82 Å². The Kier molecular flexibility index (Phi) is 14.9. The van der Waals surface area contributed by atoms with E-state index in [-0.39, 0.29) is 29.4 Å². The molecule has 1 heterocycles. The fraction of sp³-hybridized carbons (Fsp3) is 0.273. The van der Waals surface area contributed by atoms with Gasteiger partial charge in [0.1, 0.15) is 5.75 Å². The lowest BCUT2D eigenvalue weighted by atomic mass is 10.2. The van der Waals surface area contributed by atoms with Gasteiger partial charge < -0.3 is 18.9 Å². The number of esters is 1. The highest BCUT2D eigenvalue weighted by atomic mass is 32.1. The van der Waals surface area contributed by atoms with E-state index in [1.165, 1.54) is 36.6 Å². The molecular weight excluding hydrogens is 573 g/mol. The monoisotopic (exact) mass is 592 g/mol. The first-order valence-corrected chi connectivity index (χ1v) is 11.1. The van der Waals surface area contributed by atoms with Crippen molar-refractivity contribution in [3.8, 4) is 17.2 Å². The largest absolute Gasteiger partial charge is 0.573 e. The highest BCUT2D eigenvalue weighted by molar-refractivity contribution is 7.81. The van der Waals surface area contributed by atoms with Crippen LogP contribution in [0.15, 0.2) is 42.5 Å². The number of thiol groups is 1. The maximum atomic E-state index is 13.1. The van der Waals surface area contributed by atoms with Crippen molar-refractivity contribution < 1.29 is 64.1 Å². The molecule has 2 aromatic carbocycles. The molecule has 3 aromatic rings. The zero-order valence-electron chi connectivity index (χ0n) is 19.6. The number of hydrogen-bond donors (Lipinski definition) is 1. The molecule has 0 saturated carbocycles. The van der Waals surface area contributed by atoms with E-state index in [1.807, 2.05) is 13.0 Å². The van der Waals surface area contributed by atoms with E-state index in [2.05, 4.69) is 31.6 Å². The van der Waals surface area contributed by atoms with E-state index in [1.54, 1.807) is 12.1 Å². The minimum absolute atomic E-state index is 0.127. The van der Waals surface area contributed by atoms with Gasteiger partial charge in [-0.05, 0) is 36.6 Å². The smallest absolute Gasteiger partial charge is 0.494 e. The fourth-order valence-electron chi connectivity index (χ4n) is 2.29. The van der Waals surface area contributed by atoms with Crippen LogP contribution in [-0.2, 0) is 19.1 Å². The van der Waals surface area contributed by atoms with Crippen LogP contribution in [0.25, 0.3) is 10.1 Å². The number of methoxy groups -OCH3 is 2. The van der Waals surface area contributed by atoms with Crippen molar-refractivity contribution in [3.63, 3.8) is 0 Å². The first-order chi connectivity index (χ1) is 17.6. The Morgan fingerprint density at radius 2 is 1.39 bits per heavy atom. The standard InChI is InChI=1S/C10H7F3OS.C8H6F4O2.C3H6O2S.CO2/c1-6-5-7-3-2-4-8(9(7)15-6)14-10(11,12)13;1-13-5-3-2-4-6(7(5)9)14-8(10,11)12;1-5-3(4)2-6;2-1-3/h2-5H,1H3;2-4H,1H3;6H,2H2,1H3;. The zero-order valence-corrected chi connectivity index (χ0v) is 21.3. The van der Waals surface area contributed by atoms with Crippen molar-refractivity contribution in [2.24, 2.45) is 0 Å². The molecule has 0 N–H and O–H groups in total. The van der Waals surface area contributed by atoms with Crippen molar-refractivity contribution in [1.29, 1.82) is 0 Å². The number of benzene rings is 2. The summed E-state index contributed by atoms with van der Waals surface area (Å²) in [5.74, 6) is -2.64. The summed E-state index contributed by atoms with van der Waals surface area (Å²) in [6.07, 6.45) is -9.29. The van der Waals surface area contributed by atoms with Gasteiger partial charge in [0, 0.05) is 4.88 Å². The van der Waals surface area contributed by atoms with Crippen molar-refractivity contribution in [2.75, 3.05) is 20.0 Å². The third-order valence-corrected chi connectivity index (χ3v) is 4.93. The van der Waals surface area contributed by atoms with Crippen molar-refractivity contribution in [3.05, 3.63) is 53.2 Å². The summed E-state index contributed by atoms with van der Waals surface area (Å²) in [5, 5.41) is 0.777. The molecule has 16 heteroatoms. The molecule has 0 spiro atoms. The van der Waals surface area contributed by atoms with Gasteiger partial charge in [-0.15, -0.1) is 37.7 Å². The van der Waals surface area contributed by atoms with Gasteiger partial charge in [-0.1, -0.05) is 18.2 Å². The Morgan fingerprint density at radius 1 is 0.921 bits per heavy atom. The lowest BCUT2D eigenvalue weighted by molar-refractivity contribution is -0.276. The van der Waals surface area contributed by atoms with E-state index < -0.39 is 24.3 Å². The number of rotatable bonds is 4. The van der Waals surface area contributed by atoms with Gasteiger partial charge in [-0.2, -0.15) is 26.6 Å². The molecule has 1 aromatic heterocycles. The van der Waals surface area contributed by atoms with Crippen molar-refractivity contribution in [1.82, 2.24) is 0 Å². The number of ether oxygens (including phenoxy) is 4. The zero-order chi connectivity index (χ0) is 29.5. The number of carbonyl (C=O) groups is 1. The average Bonchev–Trinajstić information content (AvgIpc) is 3.21. The minimum atomic E-state index is -4.91. The molecule has 0 fully saturated rings. The summed E-state index contributed by atoms with van der Waals surface area (Å²) in [6.45, 7) is 1.85. The highest BCUT2D eigenvalue weighted by Crippen LogP contribution is 2.36. The number of hydrogen-bond acceptors (Lipinski definition) is 9. The topological polar surface area (TPSA) is 88.1 Å². The first-order valence-electron chi connectivity index (χ1n) is 9.62. The Balaban J connectivity index is 0.000000552. The molecule has 0 aliphatic carbocycles. The van der Waals surface area contributed by atoms with Crippen LogP contribution in [0.5, 0.6) is 17.2 Å². The predicted molar refractivity (Wildman–Crippen MR) is 124 cm³/mol. The van der Waals surface area contributed by atoms with E-state index >= 15 is 0 Å². The third-order valence-electron chi connectivity index (χ3n) is 3.59. The van der Waals surface area contributed by atoms with Gasteiger partial charge in [-0.25, -0.2) is 0 Å². The normalized spacial score (nSPS) is 10.3. The lowest BCUT2D eigenvalue weighted by Gasteiger charge is -2.10. The maximum Gasteiger partial charge on any atom is 0.573 e. The Bertz CT molecular complexity index is 1180. The summed E-state index contributed by atoms with van der Waals surface area (Å²) < 4.78 is 101. The number of aryl methyl sites for hydroxylation is 1. The summed E-state index contributed by atoms with van der Waals surface area (Å²) in [5.41, 5.74) is 0. The molecule has 0 radical (unpaired) electrons. The quantitative estimate of drug-likeness (QED) is 0.215. The van der Waals surface area contributed by atoms with Crippen molar-refractivity contribution >= 4 is 46.2 Å². The van der Waals surface area contributed by atoms with E-state index in [4.69, 9.17) is 9.59 Å². The van der Waals surface area contributed by atoms with Crippen LogP contribution in [-0.4, -0.2) is 44.8 Å². The Labute approximate surface area is 220 Å². The molecule has 3 rings (SSSR count). The number of carbonyl (C=O) groups excluding carboxylic acids is 3. The van der Waals surface area contributed by atoms with Crippen LogP contribution in [0.4, 0.5) is 30.7 Å². The third kappa shape index (κ3) is 13.7. The molecule has 7 nitrogen and oxygen atoms in total. The molecule has 0 bridgehead atoms. The SMILES string of the molecule is COC(=O)CS.COc1cccc(OC(F)(F)F)c1F.Cc1cc2cccc(OC(F)(F)F)c2s1.O=C=O. The van der Waals surface area contributed by atoms with Crippen LogP contribution in [0, 0.1) is 12.7 Å². The maximum absolute atomic E-state index is 13.1. The van der Waals surface area contributed by atoms with Gasteiger partial charge in [0.05, 0.1) is 24.7 Å². The second-order valence-electron chi connectivity index (χ2n) is 6.22. The molecule has 0 aliphatic heterocycles. The van der Waals surface area contributed by atoms with Crippen LogP contribution in [0.1, 0.15) is 4.88 Å². The van der Waals surface area contributed by atoms with Crippen LogP contribution >= 0.6 is 24.0 Å². The van der Waals surface area contributed by atoms with Crippen LogP contribution in [0.3, 0.4) is 0 Å². The summed E-state index contributed by atoms with van der Waals surface area (Å²) in [6, 6.07) is 9.74. The second kappa shape index (κ2) is 16.4. The molecule has 0 amide bonds. The average molecular weight is 593 g/mol. The summed E-state index contributed by atoms with van der Waals surface area (Å²) >= 11 is 4.92. The number of fused-ring (bicyclic) bond motifs is 1. The number of alkyl halides is 6. The molecule has 0 unspecified atom stereocenters. The molecule has 0 atom stereocenters. The first kappa shape index (κ1) is 34.5. The summed E-state index contributed by atoms with van der Waals surface area (Å²) in [7, 11) is 2.48. The molecular formula is C22H19F7O7S2. The molecule has 0 aliphatic rings. The minimum Gasteiger partial charge on any atom is -0.494 e. The molecule has 0 saturated heterocycles. The summed E-state index contributed by atoms with van der Waals surface area (Å²) in [4.78, 5) is 27.1. The number of halogens is 7. The fourth-order valence-corrected chi connectivity index (χ4v) is 3.38. The molecule has 38 heavy (non-hydrogen) atoms. The van der Waals surface area contributed by atoms with E-state index in [0.717, 1.165) is 23.4 Å². The Morgan fingerprint density at radius 3 is 1.84 bits per heavy atom. The van der Waals surface area contributed by atoms with Gasteiger partial charge in [-0.3, -0.25) is 4.79 Å². The Hall–Kier alpha value is -3.49. The van der Waals surface area contributed by atoms with Crippen LogP contribution < -0.4 is 14.2 Å². The van der Waals surface area contributed by atoms with Gasteiger partial charge >= 0.3 is 24.8 Å². The van der Waals surface area contributed by atoms with Gasteiger partial charge in [0.25, 0.3) is 0 Å². The molecule has 210 valence electrons.